The van der Waals surface area contributed by atoms with E-state index in [9.17, 15) is 10.1 Å². The summed E-state index contributed by atoms with van der Waals surface area (Å²) in [5.74, 6) is -0.126. The molecule has 3 aromatic rings. The lowest BCUT2D eigenvalue weighted by molar-refractivity contribution is 0.0989. The molecule has 4 rings (SSSR count). The van der Waals surface area contributed by atoms with Crippen LogP contribution in [0.5, 0.6) is 0 Å². The SMILES string of the molecule is Cc1ccc(C2c3c(nc(Br)n3C(C)C)C(=O)N2c2ccc(C#N)cc2C)cc1. The molecular weight excluding hydrogens is 428 g/mol. The third-order valence-electron chi connectivity index (χ3n) is 5.34. The quantitative estimate of drug-likeness (QED) is 0.533. The topological polar surface area (TPSA) is 61.9 Å². The number of imidazole rings is 1. The normalized spacial score (nSPS) is 15.7. The van der Waals surface area contributed by atoms with Crippen molar-refractivity contribution in [2.75, 3.05) is 4.90 Å². The number of amides is 1. The molecule has 0 fully saturated rings. The summed E-state index contributed by atoms with van der Waals surface area (Å²) in [6.45, 7) is 8.14. The molecule has 0 radical (unpaired) electrons. The summed E-state index contributed by atoms with van der Waals surface area (Å²) in [7, 11) is 0. The van der Waals surface area contributed by atoms with E-state index in [1.807, 2.05) is 30.9 Å². The molecule has 0 bridgehead atoms. The molecule has 1 aliphatic rings. The molecule has 1 aliphatic heterocycles. The second-order valence-electron chi connectivity index (χ2n) is 7.68. The summed E-state index contributed by atoms with van der Waals surface area (Å²) >= 11 is 3.54. The average Bonchev–Trinajstić information content (AvgIpc) is 3.16. The number of carbonyl (C=O) groups is 1. The zero-order valence-electron chi connectivity index (χ0n) is 16.8. The average molecular weight is 449 g/mol. The third-order valence-corrected chi connectivity index (χ3v) is 5.90. The number of rotatable bonds is 3. The number of hydrogen-bond donors (Lipinski definition) is 0. The van der Waals surface area contributed by atoms with Crippen LogP contribution in [-0.2, 0) is 0 Å². The third kappa shape index (κ3) is 3.06. The molecule has 0 N–H and O–H groups in total. The molecule has 29 heavy (non-hydrogen) atoms. The minimum absolute atomic E-state index is 0.126. The van der Waals surface area contributed by atoms with Crippen molar-refractivity contribution in [3.63, 3.8) is 0 Å². The number of aromatic nitrogens is 2. The van der Waals surface area contributed by atoms with Crippen molar-refractivity contribution in [1.82, 2.24) is 9.55 Å². The lowest BCUT2D eigenvalue weighted by Gasteiger charge is -2.29. The maximum absolute atomic E-state index is 13.5. The molecule has 5 nitrogen and oxygen atoms in total. The van der Waals surface area contributed by atoms with E-state index < -0.39 is 0 Å². The van der Waals surface area contributed by atoms with Crippen LogP contribution in [0, 0.1) is 25.2 Å². The number of nitrogens with zero attached hydrogens (tertiary/aromatic N) is 4. The summed E-state index contributed by atoms with van der Waals surface area (Å²) in [5.41, 5.74) is 5.82. The predicted octanol–water partition coefficient (Wildman–Crippen LogP) is 5.46. The number of halogens is 1. The van der Waals surface area contributed by atoms with Crippen molar-refractivity contribution in [2.24, 2.45) is 0 Å². The molecule has 6 heteroatoms. The van der Waals surface area contributed by atoms with Crippen molar-refractivity contribution in [2.45, 2.75) is 39.8 Å². The van der Waals surface area contributed by atoms with Crippen LogP contribution in [-0.4, -0.2) is 15.5 Å². The van der Waals surface area contributed by atoms with E-state index in [0.29, 0.717) is 16.0 Å². The van der Waals surface area contributed by atoms with Gasteiger partial charge in [0.1, 0.15) is 6.04 Å². The highest BCUT2D eigenvalue weighted by Gasteiger charge is 2.44. The monoisotopic (exact) mass is 448 g/mol. The molecule has 1 aromatic heterocycles. The summed E-state index contributed by atoms with van der Waals surface area (Å²) in [6, 6.07) is 15.7. The van der Waals surface area contributed by atoms with Gasteiger partial charge in [-0.1, -0.05) is 29.8 Å². The Morgan fingerprint density at radius 2 is 1.83 bits per heavy atom. The lowest BCUT2D eigenvalue weighted by Crippen LogP contribution is -2.30. The minimum atomic E-state index is -0.286. The zero-order chi connectivity index (χ0) is 20.9. The molecule has 1 amide bonds. The van der Waals surface area contributed by atoms with Gasteiger partial charge in [0.05, 0.1) is 17.3 Å². The van der Waals surface area contributed by atoms with E-state index in [4.69, 9.17) is 0 Å². The Bertz CT molecular complexity index is 1150. The fraction of sp³-hybridized carbons (Fsp3) is 0.261. The summed E-state index contributed by atoms with van der Waals surface area (Å²) in [6.07, 6.45) is 0. The molecule has 0 saturated carbocycles. The van der Waals surface area contributed by atoms with Crippen LogP contribution in [0.1, 0.15) is 64.4 Å². The zero-order valence-corrected chi connectivity index (χ0v) is 18.4. The highest BCUT2D eigenvalue weighted by molar-refractivity contribution is 9.10. The van der Waals surface area contributed by atoms with Gasteiger partial charge in [-0.25, -0.2) is 4.98 Å². The Balaban J connectivity index is 1.97. The van der Waals surface area contributed by atoms with Crippen LogP contribution in [0.3, 0.4) is 0 Å². The Morgan fingerprint density at radius 1 is 1.14 bits per heavy atom. The first-order valence-electron chi connectivity index (χ1n) is 9.52. The van der Waals surface area contributed by atoms with Gasteiger partial charge in [0.15, 0.2) is 10.4 Å². The van der Waals surface area contributed by atoms with Gasteiger partial charge in [-0.05, 0) is 73.0 Å². The fourth-order valence-corrected chi connectivity index (χ4v) is 4.76. The Morgan fingerprint density at radius 3 is 2.41 bits per heavy atom. The van der Waals surface area contributed by atoms with Crippen LogP contribution in [0.15, 0.2) is 47.2 Å². The van der Waals surface area contributed by atoms with Crippen LogP contribution >= 0.6 is 15.9 Å². The summed E-state index contributed by atoms with van der Waals surface area (Å²) in [5, 5.41) is 9.21. The number of benzene rings is 2. The van der Waals surface area contributed by atoms with Gasteiger partial charge in [0.25, 0.3) is 5.91 Å². The van der Waals surface area contributed by atoms with E-state index in [-0.39, 0.29) is 18.0 Å². The first-order chi connectivity index (χ1) is 13.8. The van der Waals surface area contributed by atoms with Crippen LogP contribution in [0.2, 0.25) is 0 Å². The van der Waals surface area contributed by atoms with Gasteiger partial charge in [0, 0.05) is 11.7 Å². The lowest BCUT2D eigenvalue weighted by atomic mass is 10.0. The first-order valence-corrected chi connectivity index (χ1v) is 10.3. The Kier molecular flexibility index (Phi) is 4.79. The highest BCUT2D eigenvalue weighted by atomic mass is 79.9. The van der Waals surface area contributed by atoms with Gasteiger partial charge in [-0.15, -0.1) is 0 Å². The number of fused-ring (bicyclic) bond motifs is 1. The number of anilines is 1. The maximum atomic E-state index is 13.5. The second kappa shape index (κ2) is 7.16. The van der Waals surface area contributed by atoms with Crippen molar-refractivity contribution in [3.05, 3.63) is 80.8 Å². The highest BCUT2D eigenvalue weighted by Crippen LogP contribution is 2.44. The summed E-state index contributed by atoms with van der Waals surface area (Å²) < 4.78 is 2.75. The van der Waals surface area contributed by atoms with Gasteiger partial charge >= 0.3 is 0 Å². The van der Waals surface area contributed by atoms with Crippen molar-refractivity contribution >= 4 is 27.5 Å². The largest absolute Gasteiger partial charge is 0.317 e. The molecule has 0 saturated heterocycles. The molecular formula is C23H21BrN4O. The van der Waals surface area contributed by atoms with Crippen molar-refractivity contribution < 1.29 is 4.79 Å². The molecule has 0 spiro atoms. The summed E-state index contributed by atoms with van der Waals surface area (Å²) in [4.78, 5) is 19.9. The number of hydrogen-bond acceptors (Lipinski definition) is 3. The Labute approximate surface area is 178 Å². The van der Waals surface area contributed by atoms with Gasteiger partial charge in [-0.2, -0.15) is 5.26 Å². The van der Waals surface area contributed by atoms with Crippen LogP contribution in [0.25, 0.3) is 0 Å². The minimum Gasteiger partial charge on any atom is -0.317 e. The fourth-order valence-electron chi connectivity index (χ4n) is 3.98. The van der Waals surface area contributed by atoms with E-state index in [1.54, 1.807) is 6.07 Å². The van der Waals surface area contributed by atoms with E-state index in [1.165, 1.54) is 0 Å². The number of nitriles is 1. The molecule has 1 unspecified atom stereocenters. The molecule has 2 aromatic carbocycles. The maximum Gasteiger partial charge on any atom is 0.279 e. The van der Waals surface area contributed by atoms with Gasteiger partial charge in [-0.3, -0.25) is 9.69 Å². The standard InChI is InChI=1S/C23H21BrN4O/c1-13(2)27-21-19(26-23(27)24)22(29)28(18-10-7-16(12-25)11-15(18)4)20(21)17-8-5-14(3)6-9-17/h5-11,13,20H,1-4H3. The molecule has 1 atom stereocenters. The van der Waals surface area contributed by atoms with Gasteiger partial charge in [0.2, 0.25) is 0 Å². The molecule has 146 valence electrons. The van der Waals surface area contributed by atoms with E-state index in [2.05, 4.69) is 69.7 Å². The number of carbonyl (C=O) groups excluding carboxylic acids is 1. The van der Waals surface area contributed by atoms with Gasteiger partial charge < -0.3 is 4.57 Å². The van der Waals surface area contributed by atoms with Crippen LogP contribution in [0.4, 0.5) is 5.69 Å². The smallest absolute Gasteiger partial charge is 0.279 e. The molecule has 0 aliphatic carbocycles. The number of aryl methyl sites for hydroxylation is 2. The Hall–Kier alpha value is -2.91. The second-order valence-corrected chi connectivity index (χ2v) is 8.39. The van der Waals surface area contributed by atoms with Crippen molar-refractivity contribution in [1.29, 1.82) is 5.26 Å². The van der Waals surface area contributed by atoms with Crippen molar-refractivity contribution in [3.8, 4) is 6.07 Å². The molecule has 2 heterocycles. The van der Waals surface area contributed by atoms with E-state index >= 15 is 0 Å². The predicted molar refractivity (Wildman–Crippen MR) is 116 cm³/mol. The first kappa shape index (κ1) is 19.4. The van der Waals surface area contributed by atoms with Crippen LogP contribution < -0.4 is 4.90 Å². The van der Waals surface area contributed by atoms with E-state index in [0.717, 1.165) is 28.1 Å².